The van der Waals surface area contributed by atoms with Crippen LogP contribution in [0, 0.1) is 18.6 Å². The lowest BCUT2D eigenvalue weighted by Gasteiger charge is -2.04. The fraction of sp³-hybridized carbons (Fsp3) is 0.118. The van der Waals surface area contributed by atoms with E-state index in [1.807, 2.05) is 31.2 Å². The van der Waals surface area contributed by atoms with Gasteiger partial charge in [0.15, 0.2) is 18.2 Å². The Morgan fingerprint density at radius 2 is 1.88 bits per heavy atom. The summed E-state index contributed by atoms with van der Waals surface area (Å²) in [4.78, 5) is 16.0. The van der Waals surface area contributed by atoms with Crippen LogP contribution in [0.25, 0.3) is 11.4 Å². The first-order valence-electron chi connectivity index (χ1n) is 7.15. The SMILES string of the molecule is Cc1ccc(-c2noc(COC(=O)c3cc(F)c(F)cc3Cl)n2)cc1. The average molecular weight is 365 g/mol. The lowest BCUT2D eigenvalue weighted by Crippen LogP contribution is -2.07. The van der Waals surface area contributed by atoms with E-state index in [1.165, 1.54) is 0 Å². The van der Waals surface area contributed by atoms with Crippen LogP contribution in [-0.4, -0.2) is 16.1 Å². The first-order chi connectivity index (χ1) is 11.9. The number of hydrogen-bond acceptors (Lipinski definition) is 5. The highest BCUT2D eigenvalue weighted by atomic mass is 35.5. The minimum atomic E-state index is -1.20. The minimum Gasteiger partial charge on any atom is -0.452 e. The van der Waals surface area contributed by atoms with Crippen molar-refractivity contribution in [1.82, 2.24) is 10.1 Å². The van der Waals surface area contributed by atoms with Gasteiger partial charge in [-0.3, -0.25) is 0 Å². The van der Waals surface area contributed by atoms with E-state index in [-0.39, 0.29) is 23.1 Å². The number of rotatable bonds is 4. The van der Waals surface area contributed by atoms with E-state index in [0.717, 1.165) is 11.1 Å². The van der Waals surface area contributed by atoms with Gasteiger partial charge in [-0.25, -0.2) is 13.6 Å². The Balaban J connectivity index is 1.69. The molecule has 0 amide bonds. The number of hydrogen-bond donors (Lipinski definition) is 0. The fourth-order valence-electron chi connectivity index (χ4n) is 2.02. The molecule has 1 heterocycles. The lowest BCUT2D eigenvalue weighted by atomic mass is 10.1. The maximum absolute atomic E-state index is 13.2. The Hall–Kier alpha value is -2.80. The molecule has 0 bridgehead atoms. The predicted octanol–water partition coefficient (Wildman–Crippen LogP) is 4.33. The van der Waals surface area contributed by atoms with Crippen molar-refractivity contribution in [2.75, 3.05) is 0 Å². The van der Waals surface area contributed by atoms with Crippen LogP contribution in [0.3, 0.4) is 0 Å². The number of esters is 1. The maximum Gasteiger partial charge on any atom is 0.340 e. The van der Waals surface area contributed by atoms with E-state index in [1.54, 1.807) is 0 Å². The van der Waals surface area contributed by atoms with Crippen LogP contribution in [0.15, 0.2) is 40.9 Å². The molecule has 0 fully saturated rings. The third kappa shape index (κ3) is 3.83. The quantitative estimate of drug-likeness (QED) is 0.509. The van der Waals surface area contributed by atoms with E-state index < -0.39 is 17.6 Å². The summed E-state index contributed by atoms with van der Waals surface area (Å²) >= 11 is 5.72. The summed E-state index contributed by atoms with van der Waals surface area (Å²) in [5, 5.41) is 3.54. The summed E-state index contributed by atoms with van der Waals surface area (Å²) in [6.07, 6.45) is 0. The van der Waals surface area contributed by atoms with Gasteiger partial charge >= 0.3 is 5.97 Å². The molecule has 0 aliphatic carbocycles. The number of nitrogens with zero attached hydrogens (tertiary/aromatic N) is 2. The molecule has 5 nitrogen and oxygen atoms in total. The lowest BCUT2D eigenvalue weighted by molar-refractivity contribution is 0.0429. The van der Waals surface area contributed by atoms with Crippen molar-refractivity contribution in [2.24, 2.45) is 0 Å². The molecule has 0 aliphatic heterocycles. The molecular weight excluding hydrogens is 354 g/mol. The summed E-state index contributed by atoms with van der Waals surface area (Å²) in [6.45, 7) is 1.63. The highest BCUT2D eigenvalue weighted by molar-refractivity contribution is 6.33. The zero-order chi connectivity index (χ0) is 18.0. The predicted molar refractivity (Wildman–Crippen MR) is 85.0 cm³/mol. The van der Waals surface area contributed by atoms with Gasteiger partial charge in [-0.1, -0.05) is 46.6 Å². The largest absolute Gasteiger partial charge is 0.452 e. The van der Waals surface area contributed by atoms with Crippen molar-refractivity contribution < 1.29 is 22.8 Å². The summed E-state index contributed by atoms with van der Waals surface area (Å²) in [5.74, 6) is -2.88. The standard InChI is InChI=1S/C17H11ClF2N2O3/c1-9-2-4-10(5-3-9)16-21-15(25-22-16)8-24-17(23)11-6-13(19)14(20)7-12(11)18/h2-7H,8H2,1H3. The third-order valence-electron chi connectivity index (χ3n) is 3.33. The average Bonchev–Trinajstić information content (AvgIpc) is 3.05. The van der Waals surface area contributed by atoms with E-state index in [0.29, 0.717) is 18.0 Å². The Morgan fingerprint density at radius 1 is 1.20 bits per heavy atom. The van der Waals surface area contributed by atoms with E-state index >= 15 is 0 Å². The number of carbonyl (C=O) groups is 1. The maximum atomic E-state index is 13.2. The molecule has 0 spiro atoms. The minimum absolute atomic E-state index is 0.0580. The molecule has 128 valence electrons. The van der Waals surface area contributed by atoms with Crippen molar-refractivity contribution in [3.05, 3.63) is 70.1 Å². The Kier molecular flexibility index (Phi) is 4.76. The molecule has 8 heteroatoms. The summed E-state index contributed by atoms with van der Waals surface area (Å²) < 4.78 is 36.2. The fourth-order valence-corrected chi connectivity index (χ4v) is 2.24. The van der Waals surface area contributed by atoms with E-state index in [2.05, 4.69) is 10.1 Å². The molecule has 0 N–H and O–H groups in total. The number of halogens is 3. The zero-order valence-electron chi connectivity index (χ0n) is 12.9. The molecular formula is C17H11ClF2N2O3. The second-order valence-corrected chi connectivity index (χ2v) is 5.61. The topological polar surface area (TPSA) is 65.2 Å². The smallest absolute Gasteiger partial charge is 0.340 e. The van der Waals surface area contributed by atoms with Crippen LogP contribution >= 0.6 is 11.6 Å². The first kappa shape index (κ1) is 17.0. The molecule has 0 saturated carbocycles. The van der Waals surface area contributed by atoms with Crippen molar-refractivity contribution in [3.8, 4) is 11.4 Å². The molecule has 25 heavy (non-hydrogen) atoms. The summed E-state index contributed by atoms with van der Waals surface area (Å²) in [5.41, 5.74) is 1.54. The number of ether oxygens (including phenoxy) is 1. The van der Waals surface area contributed by atoms with Gasteiger partial charge in [-0.15, -0.1) is 0 Å². The van der Waals surface area contributed by atoms with Crippen LogP contribution in [0.1, 0.15) is 21.8 Å². The van der Waals surface area contributed by atoms with Gasteiger partial charge in [-0.05, 0) is 19.1 Å². The highest BCUT2D eigenvalue weighted by Gasteiger charge is 2.18. The number of aryl methyl sites for hydroxylation is 1. The van der Waals surface area contributed by atoms with Crippen molar-refractivity contribution in [1.29, 1.82) is 0 Å². The van der Waals surface area contributed by atoms with Crippen LogP contribution in [-0.2, 0) is 11.3 Å². The molecule has 3 aromatic rings. The molecule has 2 aromatic carbocycles. The molecule has 1 aromatic heterocycles. The molecule has 0 saturated heterocycles. The van der Waals surface area contributed by atoms with Crippen LogP contribution < -0.4 is 0 Å². The normalized spacial score (nSPS) is 10.7. The van der Waals surface area contributed by atoms with Gasteiger partial charge in [-0.2, -0.15) is 4.98 Å². The highest BCUT2D eigenvalue weighted by Crippen LogP contribution is 2.21. The van der Waals surface area contributed by atoms with Gasteiger partial charge in [0, 0.05) is 5.56 Å². The van der Waals surface area contributed by atoms with Crippen molar-refractivity contribution in [3.63, 3.8) is 0 Å². The molecule has 0 atom stereocenters. The van der Waals surface area contributed by atoms with Gasteiger partial charge in [0.25, 0.3) is 5.89 Å². The number of carbonyl (C=O) groups excluding carboxylic acids is 1. The van der Waals surface area contributed by atoms with Gasteiger partial charge in [0.05, 0.1) is 10.6 Å². The molecule has 0 aliphatic rings. The third-order valence-corrected chi connectivity index (χ3v) is 3.65. The Labute approximate surface area is 146 Å². The van der Waals surface area contributed by atoms with Crippen LogP contribution in [0.2, 0.25) is 5.02 Å². The van der Waals surface area contributed by atoms with Crippen molar-refractivity contribution in [2.45, 2.75) is 13.5 Å². The summed E-state index contributed by atoms with van der Waals surface area (Å²) in [7, 11) is 0. The van der Waals surface area contributed by atoms with Gasteiger partial charge < -0.3 is 9.26 Å². The monoisotopic (exact) mass is 364 g/mol. The Bertz CT molecular complexity index is 926. The number of benzene rings is 2. The molecule has 3 rings (SSSR count). The molecule has 0 unspecified atom stereocenters. The first-order valence-corrected chi connectivity index (χ1v) is 7.53. The second-order valence-electron chi connectivity index (χ2n) is 5.20. The number of aromatic nitrogens is 2. The summed E-state index contributed by atoms with van der Waals surface area (Å²) in [6, 6.07) is 8.84. The second kappa shape index (κ2) is 6.98. The van der Waals surface area contributed by atoms with Crippen molar-refractivity contribution >= 4 is 17.6 Å². The van der Waals surface area contributed by atoms with Gasteiger partial charge in [0.1, 0.15) is 0 Å². The van der Waals surface area contributed by atoms with Crippen LogP contribution in [0.5, 0.6) is 0 Å². The van der Waals surface area contributed by atoms with Gasteiger partial charge in [0.2, 0.25) is 5.82 Å². The molecule has 0 radical (unpaired) electrons. The van der Waals surface area contributed by atoms with Crippen LogP contribution in [0.4, 0.5) is 8.78 Å². The Morgan fingerprint density at radius 3 is 2.60 bits per heavy atom. The van der Waals surface area contributed by atoms with E-state index in [4.69, 9.17) is 20.9 Å². The van der Waals surface area contributed by atoms with E-state index in [9.17, 15) is 13.6 Å². The zero-order valence-corrected chi connectivity index (χ0v) is 13.7.